The quantitative estimate of drug-likeness (QED) is 0.551. The van der Waals surface area contributed by atoms with Gasteiger partial charge in [-0.2, -0.15) is 0 Å². The van der Waals surface area contributed by atoms with Gasteiger partial charge in [-0.15, -0.1) is 0 Å². The van der Waals surface area contributed by atoms with Crippen molar-refractivity contribution in [3.8, 4) is 0 Å². The number of H-pyrrole nitrogens is 1. The Morgan fingerprint density at radius 2 is 1.81 bits per heavy atom. The number of benzene rings is 1. The third-order valence-electron chi connectivity index (χ3n) is 6.61. The zero-order valence-electron chi connectivity index (χ0n) is 19.1. The standard InChI is InChI=1S/C24H35FN6O/c1-26-24(27-9-8-19-17-28-22-7-6-20(25)16-21(19)22)31-14-12-29(13-15-31)18-23(32)30-10-4-2-3-5-11-30/h6-7,16-17,28H,2-5,8-15,18H2,1H3,(H,26,27). The fourth-order valence-corrected chi connectivity index (χ4v) is 4.73. The number of aromatic amines is 1. The minimum atomic E-state index is -0.214. The van der Waals surface area contributed by atoms with Crippen molar-refractivity contribution in [1.29, 1.82) is 0 Å². The molecule has 1 amide bonds. The van der Waals surface area contributed by atoms with Crippen LogP contribution in [0.2, 0.25) is 0 Å². The molecule has 4 rings (SSSR count). The van der Waals surface area contributed by atoms with Crippen LogP contribution in [0.5, 0.6) is 0 Å². The molecule has 0 spiro atoms. The van der Waals surface area contributed by atoms with Crippen LogP contribution in [0.4, 0.5) is 4.39 Å². The molecule has 0 radical (unpaired) electrons. The van der Waals surface area contributed by atoms with E-state index in [9.17, 15) is 9.18 Å². The minimum Gasteiger partial charge on any atom is -0.361 e. The zero-order valence-corrected chi connectivity index (χ0v) is 19.1. The molecule has 2 fully saturated rings. The van der Waals surface area contributed by atoms with Crippen molar-refractivity contribution in [3.63, 3.8) is 0 Å². The predicted molar refractivity (Wildman–Crippen MR) is 126 cm³/mol. The number of likely N-dealkylation sites (tertiary alicyclic amines) is 1. The Balaban J connectivity index is 1.22. The summed E-state index contributed by atoms with van der Waals surface area (Å²) in [5, 5.41) is 4.38. The maximum Gasteiger partial charge on any atom is 0.236 e. The van der Waals surface area contributed by atoms with Gasteiger partial charge in [0, 0.05) is 70.0 Å². The lowest BCUT2D eigenvalue weighted by molar-refractivity contribution is -0.132. The van der Waals surface area contributed by atoms with Crippen LogP contribution in [0.1, 0.15) is 31.2 Å². The predicted octanol–water partition coefficient (Wildman–Crippen LogP) is 2.45. The van der Waals surface area contributed by atoms with Crippen molar-refractivity contribution in [1.82, 2.24) is 25.0 Å². The highest BCUT2D eigenvalue weighted by Gasteiger charge is 2.23. The van der Waals surface area contributed by atoms with E-state index < -0.39 is 0 Å². The number of nitrogens with zero attached hydrogens (tertiary/aromatic N) is 4. The molecule has 1 aromatic heterocycles. The van der Waals surface area contributed by atoms with E-state index in [-0.39, 0.29) is 11.7 Å². The van der Waals surface area contributed by atoms with Gasteiger partial charge in [-0.3, -0.25) is 14.7 Å². The average molecular weight is 443 g/mol. The number of fused-ring (bicyclic) bond motifs is 1. The fourth-order valence-electron chi connectivity index (χ4n) is 4.73. The number of carbonyl (C=O) groups excluding carboxylic acids is 1. The molecule has 0 saturated carbocycles. The molecule has 0 atom stereocenters. The molecule has 2 aromatic rings. The first-order chi connectivity index (χ1) is 15.6. The first-order valence-electron chi connectivity index (χ1n) is 11.9. The number of hydrogen-bond acceptors (Lipinski definition) is 3. The van der Waals surface area contributed by atoms with Crippen molar-refractivity contribution < 1.29 is 9.18 Å². The number of guanidine groups is 1. The number of hydrogen-bond donors (Lipinski definition) is 2. The van der Waals surface area contributed by atoms with E-state index in [1.807, 2.05) is 6.20 Å². The largest absolute Gasteiger partial charge is 0.361 e. The van der Waals surface area contributed by atoms with E-state index in [4.69, 9.17) is 0 Å². The van der Waals surface area contributed by atoms with Crippen molar-refractivity contribution in [2.75, 3.05) is 59.4 Å². The van der Waals surface area contributed by atoms with E-state index >= 15 is 0 Å². The van der Waals surface area contributed by atoms with Crippen LogP contribution >= 0.6 is 0 Å². The summed E-state index contributed by atoms with van der Waals surface area (Å²) >= 11 is 0. The van der Waals surface area contributed by atoms with Gasteiger partial charge in [0.05, 0.1) is 6.54 Å². The molecule has 0 bridgehead atoms. The normalized spacial score (nSPS) is 18.8. The van der Waals surface area contributed by atoms with Gasteiger partial charge in [0.25, 0.3) is 0 Å². The highest BCUT2D eigenvalue weighted by Crippen LogP contribution is 2.19. The number of halogens is 1. The van der Waals surface area contributed by atoms with Gasteiger partial charge in [-0.1, -0.05) is 12.8 Å². The molecule has 8 heteroatoms. The molecule has 2 N–H and O–H groups in total. The number of rotatable bonds is 5. The second-order valence-electron chi connectivity index (χ2n) is 8.79. The Labute approximate surface area is 189 Å². The summed E-state index contributed by atoms with van der Waals surface area (Å²) in [7, 11) is 1.80. The topological polar surface area (TPSA) is 67.0 Å². The summed E-state index contributed by atoms with van der Waals surface area (Å²) in [4.78, 5) is 26.9. The molecular weight excluding hydrogens is 407 g/mol. The fraction of sp³-hybridized carbons (Fsp3) is 0.583. The number of carbonyl (C=O) groups is 1. The van der Waals surface area contributed by atoms with Gasteiger partial charge in [0.2, 0.25) is 5.91 Å². The molecule has 0 aliphatic carbocycles. The molecule has 32 heavy (non-hydrogen) atoms. The summed E-state index contributed by atoms with van der Waals surface area (Å²) < 4.78 is 13.6. The Bertz CT molecular complexity index is 926. The Morgan fingerprint density at radius 3 is 2.53 bits per heavy atom. The van der Waals surface area contributed by atoms with Crippen LogP contribution in [-0.4, -0.2) is 91.0 Å². The highest BCUT2D eigenvalue weighted by molar-refractivity contribution is 5.83. The number of nitrogens with one attached hydrogen (secondary N) is 2. The smallest absolute Gasteiger partial charge is 0.236 e. The molecular formula is C24H35FN6O. The highest BCUT2D eigenvalue weighted by atomic mass is 19.1. The van der Waals surface area contributed by atoms with Crippen molar-refractivity contribution >= 4 is 22.8 Å². The second kappa shape index (κ2) is 10.8. The Kier molecular flexibility index (Phi) is 7.63. The molecule has 2 aliphatic rings. The lowest BCUT2D eigenvalue weighted by Gasteiger charge is -2.37. The van der Waals surface area contributed by atoms with Crippen LogP contribution in [0.15, 0.2) is 29.4 Å². The third kappa shape index (κ3) is 5.59. The number of aliphatic imine (C=N–C) groups is 1. The molecule has 7 nitrogen and oxygen atoms in total. The van der Waals surface area contributed by atoms with Crippen LogP contribution in [0.25, 0.3) is 10.9 Å². The van der Waals surface area contributed by atoms with Crippen molar-refractivity contribution in [3.05, 3.63) is 35.8 Å². The molecule has 3 heterocycles. The van der Waals surface area contributed by atoms with Crippen molar-refractivity contribution in [2.24, 2.45) is 4.99 Å². The Hall–Kier alpha value is -2.61. The van der Waals surface area contributed by atoms with Crippen LogP contribution in [0.3, 0.4) is 0 Å². The van der Waals surface area contributed by atoms with Crippen LogP contribution < -0.4 is 5.32 Å². The lowest BCUT2D eigenvalue weighted by atomic mass is 10.1. The Morgan fingerprint density at radius 1 is 1.06 bits per heavy atom. The molecule has 0 unspecified atom stereocenters. The lowest BCUT2D eigenvalue weighted by Crippen LogP contribution is -2.54. The van der Waals surface area contributed by atoms with Gasteiger partial charge in [0.1, 0.15) is 5.82 Å². The first kappa shape index (κ1) is 22.6. The zero-order chi connectivity index (χ0) is 22.3. The second-order valence-corrected chi connectivity index (χ2v) is 8.79. The number of aromatic nitrogens is 1. The van der Waals surface area contributed by atoms with E-state index in [0.717, 1.165) is 87.5 Å². The number of amides is 1. The van der Waals surface area contributed by atoms with E-state index in [1.165, 1.54) is 18.9 Å². The average Bonchev–Trinajstić information content (AvgIpc) is 3.00. The van der Waals surface area contributed by atoms with Gasteiger partial charge in [0.15, 0.2) is 5.96 Å². The summed E-state index contributed by atoms with van der Waals surface area (Å²) in [6.45, 7) is 6.51. The van der Waals surface area contributed by atoms with Crippen molar-refractivity contribution in [2.45, 2.75) is 32.1 Å². The number of piperazine rings is 1. The maximum atomic E-state index is 13.6. The van der Waals surface area contributed by atoms with E-state index in [0.29, 0.717) is 6.54 Å². The summed E-state index contributed by atoms with van der Waals surface area (Å²) in [5.41, 5.74) is 2.05. The molecule has 1 aromatic carbocycles. The van der Waals surface area contributed by atoms with Crippen LogP contribution in [-0.2, 0) is 11.2 Å². The monoisotopic (exact) mass is 442 g/mol. The summed E-state index contributed by atoms with van der Waals surface area (Å²) in [6.07, 6.45) is 7.49. The van der Waals surface area contributed by atoms with E-state index in [2.05, 4.69) is 30.0 Å². The molecule has 2 saturated heterocycles. The summed E-state index contributed by atoms with van der Waals surface area (Å²) in [5.74, 6) is 0.946. The van der Waals surface area contributed by atoms with Gasteiger partial charge < -0.3 is 20.1 Å². The van der Waals surface area contributed by atoms with Gasteiger partial charge in [-0.25, -0.2) is 4.39 Å². The van der Waals surface area contributed by atoms with Crippen LogP contribution in [0, 0.1) is 5.82 Å². The minimum absolute atomic E-state index is 0.214. The van der Waals surface area contributed by atoms with Gasteiger partial charge in [-0.05, 0) is 43.0 Å². The summed E-state index contributed by atoms with van der Waals surface area (Å²) in [6, 6.07) is 4.84. The SMILES string of the molecule is CN=C(NCCc1c[nH]c2ccc(F)cc12)N1CCN(CC(=O)N2CCCCCC2)CC1. The van der Waals surface area contributed by atoms with E-state index in [1.54, 1.807) is 19.2 Å². The molecule has 2 aliphatic heterocycles. The third-order valence-corrected chi connectivity index (χ3v) is 6.61. The molecule has 174 valence electrons. The maximum absolute atomic E-state index is 13.6. The van der Waals surface area contributed by atoms with Gasteiger partial charge >= 0.3 is 0 Å². The first-order valence-corrected chi connectivity index (χ1v) is 11.9.